The molecule has 0 saturated heterocycles. The molecule has 7 heteroatoms. The lowest BCUT2D eigenvalue weighted by molar-refractivity contribution is 0.0597. The fourth-order valence-corrected chi connectivity index (χ4v) is 4.10. The van der Waals surface area contributed by atoms with Crippen molar-refractivity contribution in [3.63, 3.8) is 0 Å². The number of aryl methyl sites for hydroxylation is 1. The molecule has 2 aromatic carbocycles. The van der Waals surface area contributed by atoms with Crippen molar-refractivity contribution in [3.8, 4) is 0 Å². The Balaban J connectivity index is 2.48. The van der Waals surface area contributed by atoms with Gasteiger partial charge in [0.05, 0.1) is 22.4 Å². The second kappa shape index (κ2) is 9.04. The zero-order chi connectivity index (χ0) is 20.2. The summed E-state index contributed by atoms with van der Waals surface area (Å²) in [5, 5.41) is 0.544. The molecule has 0 aromatic heterocycles. The van der Waals surface area contributed by atoms with E-state index in [0.717, 1.165) is 20.9 Å². The van der Waals surface area contributed by atoms with Crippen LogP contribution in [0.3, 0.4) is 0 Å². The number of hydrogen-bond donors (Lipinski definition) is 0. The smallest absolute Gasteiger partial charge is 0.339 e. The maximum absolute atomic E-state index is 12.3. The Kier molecular flexibility index (Phi) is 7.25. The van der Waals surface area contributed by atoms with Gasteiger partial charge in [-0.3, -0.25) is 0 Å². The number of carbonyl (C=O) groups excluding carboxylic acids is 1. The van der Waals surface area contributed by atoms with Crippen LogP contribution in [0, 0.1) is 6.92 Å². The fourth-order valence-electron chi connectivity index (χ4n) is 2.17. The van der Waals surface area contributed by atoms with Crippen molar-refractivity contribution < 1.29 is 13.7 Å². The Bertz CT molecular complexity index is 905. The van der Waals surface area contributed by atoms with Gasteiger partial charge in [-0.2, -0.15) is 4.40 Å². The van der Waals surface area contributed by atoms with Gasteiger partial charge in [0.2, 0.25) is 0 Å². The Hall–Kier alpha value is -1.63. The standard InChI is InChI=1S/C20H22ClNO3S2/c1-13-10-14(12-22-27(24)20(2,3)4)18(16(21)11-13)26-17-9-7-6-8-15(17)19(23)25-5/h6-12H,1-5H3. The van der Waals surface area contributed by atoms with Crippen molar-refractivity contribution in [2.24, 2.45) is 4.40 Å². The van der Waals surface area contributed by atoms with E-state index in [2.05, 4.69) is 4.40 Å². The number of nitrogens with zero attached hydrogens (tertiary/aromatic N) is 1. The molecular formula is C20H22ClNO3S2. The van der Waals surface area contributed by atoms with Crippen LogP contribution < -0.4 is 0 Å². The Labute approximate surface area is 172 Å². The summed E-state index contributed by atoms with van der Waals surface area (Å²) in [5.41, 5.74) is 2.18. The minimum atomic E-state index is -1.38. The molecule has 1 atom stereocenters. The first-order valence-electron chi connectivity index (χ1n) is 8.25. The summed E-state index contributed by atoms with van der Waals surface area (Å²) in [6, 6.07) is 10.9. The van der Waals surface area contributed by atoms with Gasteiger partial charge in [-0.1, -0.05) is 35.5 Å². The molecule has 27 heavy (non-hydrogen) atoms. The predicted molar refractivity (Wildman–Crippen MR) is 114 cm³/mol. The highest BCUT2D eigenvalue weighted by molar-refractivity contribution is 7.99. The van der Waals surface area contributed by atoms with Gasteiger partial charge in [-0.15, -0.1) is 0 Å². The lowest BCUT2D eigenvalue weighted by atomic mass is 10.1. The highest BCUT2D eigenvalue weighted by Crippen LogP contribution is 2.38. The zero-order valence-electron chi connectivity index (χ0n) is 15.9. The Morgan fingerprint density at radius 1 is 1.26 bits per heavy atom. The van der Waals surface area contributed by atoms with Crippen LogP contribution in [-0.2, 0) is 15.7 Å². The number of rotatable bonds is 5. The van der Waals surface area contributed by atoms with Crippen LogP contribution in [0.25, 0.3) is 0 Å². The first kappa shape index (κ1) is 21.7. The van der Waals surface area contributed by atoms with Crippen LogP contribution in [0.4, 0.5) is 0 Å². The van der Waals surface area contributed by atoms with Gasteiger partial charge in [-0.25, -0.2) is 9.00 Å². The number of esters is 1. The maximum Gasteiger partial charge on any atom is 0.339 e. The summed E-state index contributed by atoms with van der Waals surface area (Å²) in [7, 11) is -0.0262. The SMILES string of the molecule is COC(=O)c1ccccc1Sc1c(Cl)cc(C)cc1C=NS(=O)C(C)(C)C. The molecule has 1 unspecified atom stereocenters. The number of carbonyl (C=O) groups is 1. The van der Waals surface area contributed by atoms with Gasteiger partial charge in [0.1, 0.15) is 11.0 Å². The second-order valence-corrected chi connectivity index (χ2v) is 10.2. The molecular weight excluding hydrogens is 402 g/mol. The summed E-state index contributed by atoms with van der Waals surface area (Å²) in [5.74, 6) is -0.412. The van der Waals surface area contributed by atoms with Gasteiger partial charge in [-0.05, 0) is 57.5 Å². The molecule has 0 saturated carbocycles. The topological polar surface area (TPSA) is 55.7 Å². The van der Waals surface area contributed by atoms with E-state index in [0.29, 0.717) is 10.6 Å². The largest absolute Gasteiger partial charge is 0.465 e. The average Bonchev–Trinajstić information content (AvgIpc) is 2.61. The van der Waals surface area contributed by atoms with E-state index in [4.69, 9.17) is 16.3 Å². The van der Waals surface area contributed by atoms with Gasteiger partial charge in [0.25, 0.3) is 0 Å². The lowest BCUT2D eigenvalue weighted by Gasteiger charge is -2.14. The normalized spacial score (nSPS) is 13.0. The molecule has 0 amide bonds. The molecule has 0 aliphatic heterocycles. The van der Waals surface area contributed by atoms with Crippen molar-refractivity contribution in [2.75, 3.05) is 7.11 Å². The monoisotopic (exact) mass is 423 g/mol. The summed E-state index contributed by atoms with van der Waals surface area (Å²) in [6.07, 6.45) is 1.59. The minimum absolute atomic E-state index is 0.412. The molecule has 0 heterocycles. The van der Waals surface area contributed by atoms with Crippen molar-refractivity contribution >= 4 is 46.5 Å². The van der Waals surface area contributed by atoms with Crippen LogP contribution in [0.5, 0.6) is 0 Å². The first-order valence-corrected chi connectivity index (χ1v) is 10.5. The number of halogens is 1. The summed E-state index contributed by atoms with van der Waals surface area (Å²) in [4.78, 5) is 13.5. The van der Waals surface area contributed by atoms with E-state index in [1.54, 1.807) is 18.3 Å². The number of methoxy groups -OCH3 is 1. The third kappa shape index (κ3) is 5.67. The summed E-state index contributed by atoms with van der Waals surface area (Å²) >= 11 is 7.84. The van der Waals surface area contributed by atoms with E-state index < -0.39 is 21.7 Å². The molecule has 0 N–H and O–H groups in total. The van der Waals surface area contributed by atoms with Crippen molar-refractivity contribution in [1.82, 2.24) is 0 Å². The third-order valence-electron chi connectivity index (χ3n) is 3.53. The number of hydrogen-bond acceptors (Lipinski definition) is 4. The molecule has 0 aliphatic rings. The van der Waals surface area contributed by atoms with Crippen molar-refractivity contribution in [1.29, 1.82) is 0 Å². The highest BCUT2D eigenvalue weighted by atomic mass is 35.5. The minimum Gasteiger partial charge on any atom is -0.465 e. The maximum atomic E-state index is 12.3. The zero-order valence-corrected chi connectivity index (χ0v) is 18.3. The third-order valence-corrected chi connectivity index (χ3v) is 6.52. The van der Waals surface area contributed by atoms with Gasteiger partial charge < -0.3 is 4.74 Å². The number of benzene rings is 2. The van der Waals surface area contributed by atoms with E-state index in [-0.39, 0.29) is 0 Å². The van der Waals surface area contributed by atoms with Crippen LogP contribution in [0.15, 0.2) is 50.6 Å². The predicted octanol–water partition coefficient (Wildman–Crippen LogP) is 5.47. The molecule has 0 radical (unpaired) electrons. The highest BCUT2D eigenvalue weighted by Gasteiger charge is 2.19. The van der Waals surface area contributed by atoms with Gasteiger partial charge >= 0.3 is 5.97 Å². The molecule has 0 bridgehead atoms. The quantitative estimate of drug-likeness (QED) is 0.472. The molecule has 2 aromatic rings. The summed E-state index contributed by atoms with van der Waals surface area (Å²) in [6.45, 7) is 7.53. The van der Waals surface area contributed by atoms with Crippen LogP contribution >= 0.6 is 23.4 Å². The fraction of sp³-hybridized carbons (Fsp3) is 0.300. The Morgan fingerprint density at radius 2 is 1.93 bits per heavy atom. The van der Waals surface area contributed by atoms with Crippen molar-refractivity contribution in [2.45, 2.75) is 42.2 Å². The molecule has 144 valence electrons. The second-order valence-electron chi connectivity index (χ2n) is 6.85. The molecule has 2 rings (SSSR count). The van der Waals surface area contributed by atoms with Gasteiger partial charge in [0, 0.05) is 21.6 Å². The average molecular weight is 424 g/mol. The van der Waals surface area contributed by atoms with E-state index in [9.17, 15) is 9.00 Å². The Morgan fingerprint density at radius 3 is 2.56 bits per heavy atom. The lowest BCUT2D eigenvalue weighted by Crippen LogP contribution is -2.19. The van der Waals surface area contributed by atoms with E-state index in [1.807, 2.05) is 52.0 Å². The van der Waals surface area contributed by atoms with E-state index in [1.165, 1.54) is 18.9 Å². The van der Waals surface area contributed by atoms with Crippen LogP contribution in [0.2, 0.25) is 5.02 Å². The van der Waals surface area contributed by atoms with Crippen molar-refractivity contribution in [3.05, 3.63) is 58.1 Å². The van der Waals surface area contributed by atoms with Crippen LogP contribution in [-0.4, -0.2) is 28.2 Å². The molecule has 0 spiro atoms. The van der Waals surface area contributed by atoms with E-state index >= 15 is 0 Å². The first-order chi connectivity index (χ1) is 12.6. The van der Waals surface area contributed by atoms with Gasteiger partial charge in [0.15, 0.2) is 0 Å². The number of ether oxygens (including phenoxy) is 1. The molecule has 0 fully saturated rings. The van der Waals surface area contributed by atoms with Crippen LogP contribution in [0.1, 0.15) is 42.3 Å². The summed E-state index contributed by atoms with van der Waals surface area (Å²) < 4.78 is 20.9. The molecule has 0 aliphatic carbocycles. The molecule has 4 nitrogen and oxygen atoms in total.